The molecule has 0 radical (unpaired) electrons. The molecular formula is C10H7F5N2O5. The first-order chi connectivity index (χ1) is 10.1. The van der Waals surface area contributed by atoms with E-state index >= 15 is 0 Å². The minimum Gasteiger partial charge on any atom is -0.462 e. The maximum absolute atomic E-state index is 12.9. The highest BCUT2D eigenvalue weighted by Gasteiger charge is 2.38. The predicted molar refractivity (Wildman–Crippen MR) is 58.5 cm³/mol. The number of alkyl halides is 5. The van der Waals surface area contributed by atoms with Crippen molar-refractivity contribution in [2.75, 3.05) is 6.61 Å². The Hall–Kier alpha value is -2.53. The summed E-state index contributed by atoms with van der Waals surface area (Å²) < 4.78 is 69.9. The molecule has 7 nitrogen and oxygen atoms in total. The minimum absolute atomic E-state index is 0.208. The lowest BCUT2D eigenvalue weighted by molar-refractivity contribution is -0.391. The molecule has 0 fully saturated rings. The third-order valence-electron chi connectivity index (χ3n) is 2.12. The van der Waals surface area contributed by atoms with Crippen LogP contribution in [-0.4, -0.2) is 28.8 Å². The SMILES string of the molecule is CCOC(=O)c1cc(OC(F)(F)F)nc([N+](=O)[O-])c1C(F)F. The second-order valence-corrected chi connectivity index (χ2v) is 3.57. The van der Waals surface area contributed by atoms with Crippen molar-refractivity contribution >= 4 is 11.8 Å². The molecule has 1 aromatic rings. The number of carbonyl (C=O) groups excluding carboxylic acids is 1. The molecule has 0 aliphatic carbocycles. The molecular weight excluding hydrogens is 323 g/mol. The fraction of sp³-hybridized carbons (Fsp3) is 0.400. The first kappa shape index (κ1) is 17.5. The summed E-state index contributed by atoms with van der Waals surface area (Å²) in [5.41, 5.74) is -2.57. The van der Waals surface area contributed by atoms with Crippen molar-refractivity contribution in [1.82, 2.24) is 4.98 Å². The summed E-state index contributed by atoms with van der Waals surface area (Å²) >= 11 is 0. The number of carbonyl (C=O) groups is 1. The van der Waals surface area contributed by atoms with E-state index in [2.05, 4.69) is 14.5 Å². The lowest BCUT2D eigenvalue weighted by Gasteiger charge is -2.10. The molecule has 0 aliphatic heterocycles. The van der Waals surface area contributed by atoms with Crippen molar-refractivity contribution < 1.29 is 41.1 Å². The standard InChI is InChI=1S/C10H7F5N2O5/c1-2-21-9(18)4-3-5(22-10(13,14)15)16-8(17(19)20)6(4)7(11)12/h3,7H,2H2,1H3. The zero-order chi connectivity index (χ0) is 17.1. The third kappa shape index (κ3) is 4.23. The largest absolute Gasteiger partial charge is 0.575 e. The van der Waals surface area contributed by atoms with Crippen molar-refractivity contribution in [1.29, 1.82) is 0 Å². The number of nitrogens with zero attached hydrogens (tertiary/aromatic N) is 2. The van der Waals surface area contributed by atoms with E-state index in [0.29, 0.717) is 0 Å². The third-order valence-corrected chi connectivity index (χ3v) is 2.12. The maximum atomic E-state index is 12.9. The molecule has 122 valence electrons. The topological polar surface area (TPSA) is 91.6 Å². The molecule has 1 aromatic heterocycles. The minimum atomic E-state index is -5.28. The molecule has 12 heteroatoms. The quantitative estimate of drug-likeness (QED) is 0.357. The van der Waals surface area contributed by atoms with Crippen molar-refractivity contribution in [3.8, 4) is 5.88 Å². The smallest absolute Gasteiger partial charge is 0.462 e. The number of esters is 1. The predicted octanol–water partition coefficient (Wildman–Crippen LogP) is 3.00. The molecule has 0 spiro atoms. The zero-order valence-electron chi connectivity index (χ0n) is 10.7. The van der Waals surface area contributed by atoms with E-state index < -0.39 is 46.5 Å². The van der Waals surface area contributed by atoms with E-state index in [1.807, 2.05) is 0 Å². The van der Waals surface area contributed by atoms with Gasteiger partial charge in [0.25, 0.3) is 6.43 Å². The van der Waals surface area contributed by atoms with Crippen LogP contribution in [0.1, 0.15) is 29.3 Å². The van der Waals surface area contributed by atoms with Gasteiger partial charge in [0.15, 0.2) is 0 Å². The summed E-state index contributed by atoms with van der Waals surface area (Å²) in [7, 11) is 0. The Balaban J connectivity index is 3.54. The van der Waals surface area contributed by atoms with Crippen LogP contribution in [0.3, 0.4) is 0 Å². The van der Waals surface area contributed by atoms with E-state index in [9.17, 15) is 36.9 Å². The van der Waals surface area contributed by atoms with Gasteiger partial charge in [0.2, 0.25) is 0 Å². The first-order valence-electron chi connectivity index (χ1n) is 5.47. The fourth-order valence-electron chi connectivity index (χ4n) is 1.42. The highest BCUT2D eigenvalue weighted by molar-refractivity contribution is 5.92. The van der Waals surface area contributed by atoms with Crippen molar-refractivity contribution in [2.24, 2.45) is 0 Å². The Labute approximate surface area is 118 Å². The van der Waals surface area contributed by atoms with Gasteiger partial charge in [-0.2, -0.15) is 0 Å². The highest BCUT2D eigenvalue weighted by Crippen LogP contribution is 2.35. The lowest BCUT2D eigenvalue weighted by atomic mass is 10.1. The molecule has 0 saturated heterocycles. The van der Waals surface area contributed by atoms with E-state index in [1.165, 1.54) is 6.92 Å². The average Bonchev–Trinajstić information content (AvgIpc) is 2.35. The van der Waals surface area contributed by atoms with Crippen LogP contribution in [0.4, 0.5) is 27.8 Å². The van der Waals surface area contributed by atoms with Gasteiger partial charge in [0.1, 0.15) is 5.56 Å². The Morgan fingerprint density at radius 3 is 2.45 bits per heavy atom. The molecule has 22 heavy (non-hydrogen) atoms. The van der Waals surface area contributed by atoms with Gasteiger partial charge in [-0.05, 0) is 11.8 Å². The van der Waals surface area contributed by atoms with Crippen molar-refractivity contribution in [3.05, 3.63) is 27.3 Å². The Bertz CT molecular complexity index is 590. The zero-order valence-corrected chi connectivity index (χ0v) is 10.7. The molecule has 0 aromatic carbocycles. The molecule has 0 N–H and O–H groups in total. The van der Waals surface area contributed by atoms with Crippen LogP contribution in [-0.2, 0) is 4.74 Å². The monoisotopic (exact) mass is 330 g/mol. The van der Waals surface area contributed by atoms with Gasteiger partial charge in [0.05, 0.1) is 12.2 Å². The van der Waals surface area contributed by atoms with E-state index in [1.54, 1.807) is 0 Å². The number of pyridine rings is 1. The number of rotatable bonds is 5. The Morgan fingerprint density at radius 1 is 1.45 bits per heavy atom. The molecule has 0 aliphatic rings. The summed E-state index contributed by atoms with van der Waals surface area (Å²) in [6, 6.07) is 0.208. The van der Waals surface area contributed by atoms with Crippen LogP contribution in [0.25, 0.3) is 0 Å². The summed E-state index contributed by atoms with van der Waals surface area (Å²) in [6.45, 7) is 1.02. The molecule has 0 amide bonds. The molecule has 1 rings (SSSR count). The second kappa shape index (κ2) is 6.49. The fourth-order valence-corrected chi connectivity index (χ4v) is 1.42. The average molecular weight is 330 g/mol. The van der Waals surface area contributed by atoms with Crippen LogP contribution >= 0.6 is 0 Å². The van der Waals surface area contributed by atoms with Crippen LogP contribution in [0.5, 0.6) is 5.88 Å². The summed E-state index contributed by atoms with van der Waals surface area (Å²) in [5.74, 6) is -4.51. The summed E-state index contributed by atoms with van der Waals surface area (Å²) in [4.78, 5) is 23.5. The lowest BCUT2D eigenvalue weighted by Crippen LogP contribution is -2.20. The van der Waals surface area contributed by atoms with Crippen molar-refractivity contribution in [2.45, 2.75) is 19.7 Å². The molecule has 0 saturated carbocycles. The summed E-state index contributed by atoms with van der Waals surface area (Å²) in [6.07, 6.45) is -8.81. The van der Waals surface area contributed by atoms with Gasteiger partial charge in [-0.25, -0.2) is 13.6 Å². The van der Waals surface area contributed by atoms with E-state index in [0.717, 1.165) is 0 Å². The van der Waals surface area contributed by atoms with Gasteiger partial charge in [-0.15, -0.1) is 13.2 Å². The van der Waals surface area contributed by atoms with Gasteiger partial charge >= 0.3 is 24.0 Å². The number of halogens is 5. The van der Waals surface area contributed by atoms with Crippen LogP contribution in [0, 0.1) is 10.1 Å². The number of nitro groups is 1. The Kier molecular flexibility index (Phi) is 5.17. The normalized spacial score (nSPS) is 11.4. The van der Waals surface area contributed by atoms with Crippen LogP contribution in [0.15, 0.2) is 6.07 Å². The highest BCUT2D eigenvalue weighted by atomic mass is 19.4. The number of hydrogen-bond acceptors (Lipinski definition) is 6. The Morgan fingerprint density at radius 2 is 2.05 bits per heavy atom. The van der Waals surface area contributed by atoms with Crippen molar-refractivity contribution in [3.63, 3.8) is 0 Å². The molecule has 0 bridgehead atoms. The number of ether oxygens (including phenoxy) is 2. The van der Waals surface area contributed by atoms with Crippen LogP contribution in [0.2, 0.25) is 0 Å². The second-order valence-electron chi connectivity index (χ2n) is 3.57. The number of hydrogen-bond donors (Lipinski definition) is 0. The molecule has 1 heterocycles. The first-order valence-corrected chi connectivity index (χ1v) is 5.47. The molecule has 0 atom stereocenters. The van der Waals surface area contributed by atoms with E-state index in [-0.39, 0.29) is 12.7 Å². The van der Waals surface area contributed by atoms with Crippen LogP contribution < -0.4 is 4.74 Å². The van der Waals surface area contributed by atoms with Gasteiger partial charge in [0, 0.05) is 11.1 Å². The maximum Gasteiger partial charge on any atom is 0.575 e. The van der Waals surface area contributed by atoms with Gasteiger partial charge in [-0.3, -0.25) is 0 Å². The van der Waals surface area contributed by atoms with Gasteiger partial charge < -0.3 is 19.6 Å². The number of aromatic nitrogens is 1. The van der Waals surface area contributed by atoms with E-state index in [4.69, 9.17) is 0 Å². The van der Waals surface area contributed by atoms with Gasteiger partial charge in [-0.1, -0.05) is 0 Å². The molecule has 0 unspecified atom stereocenters. The summed E-state index contributed by atoms with van der Waals surface area (Å²) in [5, 5.41) is 10.7.